The maximum Gasteiger partial charge on any atom is 0.341 e. The Bertz CT molecular complexity index is 1190. The average Bonchev–Trinajstić information content (AvgIpc) is 3.17. The number of cyclic esters (lactones) is 1. The van der Waals surface area contributed by atoms with Crippen LogP contribution >= 0.6 is 0 Å². The highest BCUT2D eigenvalue weighted by molar-refractivity contribution is 5.96. The lowest BCUT2D eigenvalue weighted by atomic mass is 9.79. The molecule has 5 heteroatoms. The summed E-state index contributed by atoms with van der Waals surface area (Å²) in [5, 5.41) is 0. The van der Waals surface area contributed by atoms with Crippen molar-refractivity contribution in [2.45, 2.75) is 53.1 Å². The van der Waals surface area contributed by atoms with Gasteiger partial charge in [-0.1, -0.05) is 32.0 Å². The molecule has 0 aliphatic carbocycles. The van der Waals surface area contributed by atoms with E-state index in [4.69, 9.17) is 14.5 Å². The van der Waals surface area contributed by atoms with Gasteiger partial charge in [0, 0.05) is 42.2 Å². The Hall–Kier alpha value is -3.34. The average molecular weight is 459 g/mol. The smallest absolute Gasteiger partial charge is 0.341 e. The van der Waals surface area contributed by atoms with Crippen LogP contribution in [0, 0.1) is 0 Å². The Kier molecular flexibility index (Phi) is 6.92. The van der Waals surface area contributed by atoms with Gasteiger partial charge in [-0.05, 0) is 69.0 Å². The minimum atomic E-state index is -1.17. The summed E-state index contributed by atoms with van der Waals surface area (Å²) in [5.41, 5.74) is 5.16. The van der Waals surface area contributed by atoms with E-state index in [0.717, 1.165) is 48.3 Å². The molecule has 34 heavy (non-hydrogen) atoms. The number of nitrogens with zero attached hydrogens (tertiary/aromatic N) is 2. The number of hydrogen-bond donors (Lipinski definition) is 0. The molecule has 1 aliphatic rings. The van der Waals surface area contributed by atoms with Crippen LogP contribution in [-0.4, -0.2) is 30.6 Å². The predicted molar refractivity (Wildman–Crippen MR) is 136 cm³/mol. The van der Waals surface area contributed by atoms with E-state index in [-0.39, 0.29) is 5.97 Å². The molecule has 0 saturated carbocycles. The summed E-state index contributed by atoms with van der Waals surface area (Å²) in [6.45, 7) is 12.8. The molecule has 2 aromatic carbocycles. The van der Waals surface area contributed by atoms with E-state index in [1.807, 2.05) is 13.0 Å². The van der Waals surface area contributed by atoms with E-state index in [1.165, 1.54) is 5.56 Å². The third kappa shape index (κ3) is 3.83. The van der Waals surface area contributed by atoms with Crippen molar-refractivity contribution in [1.82, 2.24) is 4.98 Å². The van der Waals surface area contributed by atoms with Gasteiger partial charge in [0.15, 0.2) is 0 Å². The quantitative estimate of drug-likeness (QED) is 0.373. The molecule has 3 aromatic rings. The van der Waals surface area contributed by atoms with Crippen molar-refractivity contribution in [1.29, 1.82) is 0 Å². The summed E-state index contributed by atoms with van der Waals surface area (Å²) >= 11 is 0. The van der Waals surface area contributed by atoms with Gasteiger partial charge in [-0.3, -0.25) is 4.98 Å². The Labute approximate surface area is 202 Å². The summed E-state index contributed by atoms with van der Waals surface area (Å²) in [5.74, 6) is 0.347. The minimum Gasteiger partial charge on any atom is -0.493 e. The summed E-state index contributed by atoms with van der Waals surface area (Å²) < 4.78 is 12.6. The molecule has 1 unspecified atom stereocenters. The summed E-state index contributed by atoms with van der Waals surface area (Å²) in [7, 11) is 0. The molecule has 178 valence electrons. The first-order valence-corrected chi connectivity index (χ1v) is 12.4. The normalized spacial score (nSPS) is 16.8. The number of esters is 1. The molecule has 1 atom stereocenters. The first-order valence-electron chi connectivity index (χ1n) is 12.4. The van der Waals surface area contributed by atoms with Crippen LogP contribution in [0.5, 0.6) is 5.75 Å². The van der Waals surface area contributed by atoms with E-state index in [2.05, 4.69) is 62.9 Å². The molecule has 0 radical (unpaired) electrons. The lowest BCUT2D eigenvalue weighted by Crippen LogP contribution is -2.32. The predicted octanol–water partition coefficient (Wildman–Crippen LogP) is 5.91. The Morgan fingerprint density at radius 2 is 1.71 bits per heavy atom. The second-order valence-corrected chi connectivity index (χ2v) is 8.45. The second-order valence-electron chi connectivity index (χ2n) is 8.45. The van der Waals surface area contributed by atoms with E-state index in [9.17, 15) is 4.79 Å². The first kappa shape index (κ1) is 23.8. The van der Waals surface area contributed by atoms with Crippen molar-refractivity contribution in [3.05, 3.63) is 88.2 Å². The number of pyridine rings is 1. The molecule has 0 amide bonds. The van der Waals surface area contributed by atoms with Crippen LogP contribution < -0.4 is 9.64 Å². The third-order valence-corrected chi connectivity index (χ3v) is 6.72. The highest BCUT2D eigenvalue weighted by Gasteiger charge is 2.52. The highest BCUT2D eigenvalue weighted by Crippen LogP contribution is 2.50. The van der Waals surface area contributed by atoms with Crippen LogP contribution in [0.2, 0.25) is 0 Å². The van der Waals surface area contributed by atoms with E-state index in [1.54, 1.807) is 18.3 Å². The number of hydrogen-bond acceptors (Lipinski definition) is 5. The molecule has 0 spiro atoms. The van der Waals surface area contributed by atoms with Crippen LogP contribution in [-0.2, 0) is 23.2 Å². The number of carbonyl (C=O) groups is 1. The number of carbonyl (C=O) groups excluding carboxylic acids is 1. The lowest BCUT2D eigenvalue weighted by Gasteiger charge is -2.33. The topological polar surface area (TPSA) is 51.7 Å². The number of ether oxygens (including phenoxy) is 2. The van der Waals surface area contributed by atoms with Gasteiger partial charge in [0.25, 0.3) is 0 Å². The van der Waals surface area contributed by atoms with Gasteiger partial charge >= 0.3 is 5.97 Å². The Balaban J connectivity index is 2.05. The van der Waals surface area contributed by atoms with Crippen LogP contribution in [0.25, 0.3) is 0 Å². The zero-order valence-corrected chi connectivity index (χ0v) is 20.9. The number of fused-ring (bicyclic) bond motifs is 1. The number of benzene rings is 2. The number of anilines is 1. The van der Waals surface area contributed by atoms with E-state index < -0.39 is 5.60 Å². The molecule has 0 fully saturated rings. The number of rotatable bonds is 9. The summed E-state index contributed by atoms with van der Waals surface area (Å²) in [6.07, 6.45) is 3.48. The van der Waals surface area contributed by atoms with E-state index >= 15 is 0 Å². The van der Waals surface area contributed by atoms with Gasteiger partial charge in [-0.15, -0.1) is 0 Å². The van der Waals surface area contributed by atoms with Crippen molar-refractivity contribution in [3.8, 4) is 5.75 Å². The van der Waals surface area contributed by atoms with Crippen LogP contribution in [0.4, 0.5) is 5.69 Å². The van der Waals surface area contributed by atoms with Crippen LogP contribution in [0.1, 0.15) is 72.9 Å². The number of aromatic nitrogens is 1. The fourth-order valence-electron chi connectivity index (χ4n) is 4.97. The monoisotopic (exact) mass is 458 g/mol. The molecule has 0 N–H and O–H groups in total. The minimum absolute atomic E-state index is 0.361. The van der Waals surface area contributed by atoms with Crippen molar-refractivity contribution in [3.63, 3.8) is 0 Å². The molecular weight excluding hydrogens is 424 g/mol. The molecule has 5 nitrogen and oxygen atoms in total. The van der Waals surface area contributed by atoms with Crippen molar-refractivity contribution < 1.29 is 14.3 Å². The van der Waals surface area contributed by atoms with Crippen molar-refractivity contribution >= 4 is 11.7 Å². The van der Waals surface area contributed by atoms with Crippen molar-refractivity contribution in [2.24, 2.45) is 0 Å². The zero-order valence-electron chi connectivity index (χ0n) is 20.9. The molecular formula is C29H34N2O3. The fourth-order valence-corrected chi connectivity index (χ4v) is 4.97. The largest absolute Gasteiger partial charge is 0.493 e. The summed E-state index contributed by atoms with van der Waals surface area (Å²) in [6, 6.07) is 16.2. The van der Waals surface area contributed by atoms with Gasteiger partial charge < -0.3 is 14.4 Å². The molecule has 0 bridgehead atoms. The molecule has 1 aliphatic heterocycles. The molecule has 1 aromatic heterocycles. The zero-order chi connectivity index (χ0) is 24.3. The maximum atomic E-state index is 13.2. The first-order chi connectivity index (χ1) is 16.5. The van der Waals surface area contributed by atoms with Gasteiger partial charge in [0.2, 0.25) is 5.60 Å². The Morgan fingerprint density at radius 3 is 2.38 bits per heavy atom. The van der Waals surface area contributed by atoms with Gasteiger partial charge in [-0.25, -0.2) is 4.79 Å². The lowest BCUT2D eigenvalue weighted by molar-refractivity contribution is 0.0233. The van der Waals surface area contributed by atoms with E-state index in [0.29, 0.717) is 23.6 Å². The molecule has 4 rings (SSSR count). The van der Waals surface area contributed by atoms with Gasteiger partial charge in [0.05, 0.1) is 12.2 Å². The summed E-state index contributed by atoms with van der Waals surface area (Å²) in [4.78, 5) is 20.2. The third-order valence-electron chi connectivity index (χ3n) is 6.72. The fraction of sp³-hybridized carbons (Fsp3) is 0.379. The highest BCUT2D eigenvalue weighted by atomic mass is 16.6. The van der Waals surface area contributed by atoms with Crippen molar-refractivity contribution in [2.75, 3.05) is 24.6 Å². The molecule has 2 heterocycles. The standard InChI is InChI=1S/C29H34N2O3/c1-6-20-13-15-24(21(7-2)18-20)29(27-23(28(32)34-29)12-11-17-30-27)25-16-14-22(31(8-3)9-4)19-26(25)33-10-5/h11-19H,6-10H2,1-5H3. The molecule has 0 saturated heterocycles. The SMILES string of the molecule is CCOc1cc(N(CC)CC)ccc1C1(c2ccc(CC)cc2CC)OC(=O)c2cccnc21. The van der Waals surface area contributed by atoms with Crippen LogP contribution in [0.3, 0.4) is 0 Å². The van der Waals surface area contributed by atoms with Gasteiger partial charge in [-0.2, -0.15) is 0 Å². The Morgan fingerprint density at radius 1 is 0.941 bits per heavy atom. The van der Waals surface area contributed by atoms with Gasteiger partial charge in [0.1, 0.15) is 11.4 Å². The van der Waals surface area contributed by atoms with Crippen LogP contribution in [0.15, 0.2) is 54.7 Å². The number of aryl methyl sites for hydroxylation is 2. The second kappa shape index (κ2) is 9.88. The maximum absolute atomic E-state index is 13.2.